The summed E-state index contributed by atoms with van der Waals surface area (Å²) in [6, 6.07) is -0.716. The van der Waals surface area contributed by atoms with Gasteiger partial charge in [0, 0.05) is 0 Å². The minimum absolute atomic E-state index is 0.520. The summed E-state index contributed by atoms with van der Waals surface area (Å²) < 4.78 is 26.6. The summed E-state index contributed by atoms with van der Waals surface area (Å²) in [6.07, 6.45) is 2.16. The van der Waals surface area contributed by atoms with Gasteiger partial charge >= 0.3 is 5.97 Å². The van der Waals surface area contributed by atoms with Gasteiger partial charge < -0.3 is 16.6 Å². The molecule has 0 aromatic heterocycles. The molecule has 0 fully saturated rings. The third kappa shape index (κ3) is 13.6. The van der Waals surface area contributed by atoms with Crippen LogP contribution in [0, 0.1) is 0 Å². The molecule has 0 spiro atoms. The SMILES string of the molecule is CC(S)S(=O)(=O)O.NCCCCC(N)C(=O)O. The predicted octanol–water partition coefficient (Wildman–Crippen LogP) is -0.323. The van der Waals surface area contributed by atoms with Crippen LogP contribution >= 0.6 is 12.6 Å². The number of aliphatic carboxylic acids is 1. The average molecular weight is 288 g/mol. The number of unbranched alkanes of at least 4 members (excludes halogenated alkanes) is 1. The highest BCUT2D eigenvalue weighted by atomic mass is 32.3. The second-order valence-corrected chi connectivity index (χ2v) is 6.20. The Hall–Kier alpha value is -0.350. The molecule has 0 aliphatic carbocycles. The molecule has 0 aromatic rings. The standard InChI is InChI=1S/C6H14N2O2.C2H6O3S2/c7-4-2-1-3-5(8)6(9)10;1-2(6)7(3,4)5/h5H,1-4,7-8H2,(H,9,10);2,6H,1H3,(H,3,4,5). The second-order valence-electron chi connectivity index (χ2n) is 3.34. The molecule has 2 unspecified atom stereocenters. The van der Waals surface area contributed by atoms with Crippen LogP contribution in [-0.2, 0) is 14.9 Å². The number of carboxylic acids is 1. The molecule has 2 atom stereocenters. The van der Waals surface area contributed by atoms with E-state index in [2.05, 4.69) is 12.6 Å². The fourth-order valence-corrected chi connectivity index (χ4v) is 0.632. The number of hydrogen-bond donors (Lipinski definition) is 5. The molecule has 0 heterocycles. The maximum atomic E-state index is 10.1. The first kappa shape index (κ1) is 19.0. The van der Waals surface area contributed by atoms with Gasteiger partial charge in [-0.2, -0.15) is 21.0 Å². The zero-order valence-corrected chi connectivity index (χ0v) is 11.3. The number of thiol groups is 1. The van der Waals surface area contributed by atoms with Gasteiger partial charge in [0.15, 0.2) is 0 Å². The average Bonchev–Trinajstić information content (AvgIpc) is 2.17. The molecule has 0 aromatic carbocycles. The lowest BCUT2D eigenvalue weighted by Gasteiger charge is -2.03. The molecular formula is C8H20N2O5S2. The lowest BCUT2D eigenvalue weighted by Crippen LogP contribution is -2.29. The summed E-state index contributed by atoms with van der Waals surface area (Å²) in [5.41, 5.74) is 10.4. The smallest absolute Gasteiger partial charge is 0.320 e. The van der Waals surface area contributed by atoms with E-state index in [1.54, 1.807) is 0 Å². The van der Waals surface area contributed by atoms with Crippen LogP contribution in [0.4, 0.5) is 0 Å². The van der Waals surface area contributed by atoms with E-state index in [1.807, 2.05) is 0 Å². The van der Waals surface area contributed by atoms with E-state index in [-0.39, 0.29) is 0 Å². The fraction of sp³-hybridized carbons (Fsp3) is 0.875. The van der Waals surface area contributed by atoms with Crippen molar-refractivity contribution in [3.8, 4) is 0 Å². The van der Waals surface area contributed by atoms with E-state index >= 15 is 0 Å². The van der Waals surface area contributed by atoms with Crippen LogP contribution < -0.4 is 11.5 Å². The van der Waals surface area contributed by atoms with Crippen molar-refractivity contribution in [3.63, 3.8) is 0 Å². The molecule has 104 valence electrons. The lowest BCUT2D eigenvalue weighted by atomic mass is 10.1. The molecule has 0 aliphatic heterocycles. The van der Waals surface area contributed by atoms with Gasteiger partial charge in [-0.05, 0) is 26.3 Å². The third-order valence-corrected chi connectivity index (χ3v) is 3.38. The highest BCUT2D eigenvalue weighted by Gasteiger charge is 2.10. The normalized spacial score (nSPS) is 14.4. The first-order valence-electron chi connectivity index (χ1n) is 4.95. The Balaban J connectivity index is 0. The van der Waals surface area contributed by atoms with Gasteiger partial charge in [0.25, 0.3) is 10.1 Å². The van der Waals surface area contributed by atoms with E-state index < -0.39 is 26.7 Å². The monoisotopic (exact) mass is 288 g/mol. The number of carbonyl (C=O) groups is 1. The van der Waals surface area contributed by atoms with Crippen LogP contribution in [0.2, 0.25) is 0 Å². The van der Waals surface area contributed by atoms with Crippen LogP contribution in [0.5, 0.6) is 0 Å². The highest BCUT2D eigenvalue weighted by molar-refractivity contribution is 8.01. The van der Waals surface area contributed by atoms with Crippen molar-refractivity contribution < 1.29 is 22.9 Å². The lowest BCUT2D eigenvalue weighted by molar-refractivity contribution is -0.138. The van der Waals surface area contributed by atoms with Crippen LogP contribution in [0.1, 0.15) is 26.2 Å². The molecule has 6 N–H and O–H groups in total. The topological polar surface area (TPSA) is 144 Å². The number of nitrogens with two attached hydrogens (primary N) is 2. The highest BCUT2D eigenvalue weighted by Crippen LogP contribution is 1.99. The number of hydrogen-bond acceptors (Lipinski definition) is 6. The van der Waals surface area contributed by atoms with Gasteiger partial charge in [0.2, 0.25) is 0 Å². The Morgan fingerprint density at radius 1 is 1.41 bits per heavy atom. The zero-order valence-electron chi connectivity index (χ0n) is 9.61. The third-order valence-electron chi connectivity index (χ3n) is 1.72. The van der Waals surface area contributed by atoms with Gasteiger partial charge in [-0.3, -0.25) is 9.35 Å². The van der Waals surface area contributed by atoms with Gasteiger partial charge in [0.05, 0.1) is 0 Å². The summed E-state index contributed by atoms with van der Waals surface area (Å²) in [5, 5.41) is 8.33. The predicted molar refractivity (Wildman–Crippen MR) is 68.5 cm³/mol. The van der Waals surface area contributed by atoms with Crippen molar-refractivity contribution in [1.82, 2.24) is 0 Å². The maximum absolute atomic E-state index is 10.1. The Kier molecular flexibility index (Phi) is 10.8. The molecule has 0 bridgehead atoms. The second kappa shape index (κ2) is 9.66. The first-order valence-corrected chi connectivity index (χ1v) is 6.97. The largest absolute Gasteiger partial charge is 0.480 e. The first-order chi connectivity index (χ1) is 7.62. The van der Waals surface area contributed by atoms with Crippen LogP contribution in [0.3, 0.4) is 0 Å². The molecule has 0 rings (SSSR count). The molecule has 7 nitrogen and oxygen atoms in total. The summed E-state index contributed by atoms with van der Waals surface area (Å²) in [7, 11) is -3.88. The molecule has 17 heavy (non-hydrogen) atoms. The Morgan fingerprint density at radius 2 is 1.82 bits per heavy atom. The van der Waals surface area contributed by atoms with Gasteiger partial charge in [-0.1, -0.05) is 6.42 Å². The Bertz CT molecular complexity index is 305. The number of carboxylic acid groups (broad SMARTS) is 1. The summed E-state index contributed by atoms with van der Waals surface area (Å²) in [5.74, 6) is -0.933. The van der Waals surface area contributed by atoms with Crippen LogP contribution in [-0.4, -0.2) is 41.2 Å². The molecule has 0 saturated carbocycles. The van der Waals surface area contributed by atoms with E-state index in [1.165, 1.54) is 6.92 Å². The van der Waals surface area contributed by atoms with Gasteiger partial charge in [-0.25, -0.2) is 0 Å². The Labute approximate surface area is 107 Å². The molecule has 0 saturated heterocycles. The van der Waals surface area contributed by atoms with Gasteiger partial charge in [0.1, 0.15) is 10.6 Å². The van der Waals surface area contributed by atoms with Gasteiger partial charge in [-0.15, -0.1) is 0 Å². The quantitative estimate of drug-likeness (QED) is 0.256. The molecule has 0 amide bonds. The Morgan fingerprint density at radius 3 is 2.06 bits per heavy atom. The molecule has 0 radical (unpaired) electrons. The minimum Gasteiger partial charge on any atom is -0.480 e. The van der Waals surface area contributed by atoms with Crippen molar-refractivity contribution in [3.05, 3.63) is 0 Å². The molecular weight excluding hydrogens is 268 g/mol. The van der Waals surface area contributed by atoms with E-state index in [4.69, 9.17) is 21.1 Å². The summed E-state index contributed by atoms with van der Waals surface area (Å²) in [6.45, 7) is 1.88. The van der Waals surface area contributed by atoms with Crippen LogP contribution in [0.25, 0.3) is 0 Å². The van der Waals surface area contributed by atoms with Crippen molar-refractivity contribution >= 4 is 28.7 Å². The van der Waals surface area contributed by atoms with Crippen molar-refractivity contribution in [1.29, 1.82) is 0 Å². The maximum Gasteiger partial charge on any atom is 0.320 e. The number of rotatable bonds is 6. The summed E-state index contributed by atoms with van der Waals surface area (Å²) >= 11 is 3.44. The molecule has 0 aliphatic rings. The van der Waals surface area contributed by atoms with Crippen LogP contribution in [0.15, 0.2) is 0 Å². The van der Waals surface area contributed by atoms with E-state index in [0.29, 0.717) is 13.0 Å². The van der Waals surface area contributed by atoms with Crippen molar-refractivity contribution in [2.24, 2.45) is 11.5 Å². The minimum atomic E-state index is -3.88. The van der Waals surface area contributed by atoms with E-state index in [9.17, 15) is 13.2 Å². The van der Waals surface area contributed by atoms with E-state index in [0.717, 1.165) is 12.8 Å². The zero-order chi connectivity index (χ0) is 14.1. The fourth-order valence-electron chi connectivity index (χ4n) is 0.632. The molecule has 9 heteroatoms. The van der Waals surface area contributed by atoms with Crippen molar-refractivity contribution in [2.45, 2.75) is 36.8 Å². The van der Waals surface area contributed by atoms with Crippen molar-refractivity contribution in [2.75, 3.05) is 6.54 Å². The summed E-state index contributed by atoms with van der Waals surface area (Å²) in [4.78, 5) is 10.1.